The Kier molecular flexibility index (Phi) is 6.88. The molecule has 0 radical (unpaired) electrons. The molecule has 0 bridgehead atoms. The van der Waals surface area contributed by atoms with Crippen molar-refractivity contribution in [1.29, 1.82) is 0 Å². The largest absolute Gasteiger partial charge is 0.321 e. The molecule has 8 heteroatoms. The molecule has 4 rings (SSSR count). The minimum atomic E-state index is -3.71. The summed E-state index contributed by atoms with van der Waals surface area (Å²) in [4.78, 5) is 13.6. The molecule has 1 aromatic heterocycles. The van der Waals surface area contributed by atoms with E-state index in [1.165, 1.54) is 21.2 Å². The Balaban J connectivity index is 1.61. The molecule has 33 heavy (non-hydrogen) atoms. The van der Waals surface area contributed by atoms with Gasteiger partial charge in [-0.2, -0.15) is 0 Å². The fourth-order valence-corrected chi connectivity index (χ4v) is 6.21. The molecule has 0 aliphatic heterocycles. The van der Waals surface area contributed by atoms with Crippen molar-refractivity contribution in [3.63, 3.8) is 0 Å². The summed E-state index contributed by atoms with van der Waals surface area (Å²) >= 11 is 4.72. The number of hydrogen-bond donors (Lipinski definition) is 1. The minimum Gasteiger partial charge on any atom is -0.321 e. The highest BCUT2D eigenvalue weighted by molar-refractivity contribution is 9.10. The topological polar surface area (TPSA) is 66.5 Å². The van der Waals surface area contributed by atoms with Crippen molar-refractivity contribution in [2.24, 2.45) is 0 Å². The summed E-state index contributed by atoms with van der Waals surface area (Å²) in [6.45, 7) is 4.18. The van der Waals surface area contributed by atoms with Crippen LogP contribution in [0.1, 0.15) is 29.1 Å². The van der Waals surface area contributed by atoms with Crippen LogP contribution < -0.4 is 9.62 Å². The fraction of sp³-hybridized carbons (Fsp3) is 0.160. The van der Waals surface area contributed by atoms with Crippen LogP contribution in [0.2, 0.25) is 0 Å². The maximum atomic E-state index is 13.2. The van der Waals surface area contributed by atoms with Crippen molar-refractivity contribution in [2.45, 2.75) is 25.2 Å². The van der Waals surface area contributed by atoms with Crippen LogP contribution in [0.5, 0.6) is 0 Å². The van der Waals surface area contributed by atoms with E-state index in [-0.39, 0.29) is 17.3 Å². The second-order valence-electron chi connectivity index (χ2n) is 7.46. The number of anilines is 2. The normalized spacial score (nSPS) is 11.5. The number of aryl methyl sites for hydroxylation is 1. The number of rotatable bonds is 7. The van der Waals surface area contributed by atoms with Gasteiger partial charge in [0, 0.05) is 21.4 Å². The molecule has 0 atom stereocenters. The minimum absolute atomic E-state index is 0.183. The molecule has 0 unspecified atom stereocenters. The van der Waals surface area contributed by atoms with Crippen molar-refractivity contribution in [2.75, 3.05) is 16.2 Å². The van der Waals surface area contributed by atoms with Crippen molar-refractivity contribution < 1.29 is 13.2 Å². The SMILES string of the molecule is CCc1ccc(NC(=O)c2cc3cc(N(CC)S(=O)(=O)c4ccc(Br)cc4)ccc3s2)cc1. The fourth-order valence-electron chi connectivity index (χ4n) is 3.54. The second kappa shape index (κ2) is 9.67. The van der Waals surface area contributed by atoms with Gasteiger partial charge in [0.25, 0.3) is 15.9 Å². The summed E-state index contributed by atoms with van der Waals surface area (Å²) < 4.78 is 29.6. The smallest absolute Gasteiger partial charge is 0.265 e. The van der Waals surface area contributed by atoms with Crippen LogP contribution in [0.15, 0.2) is 82.2 Å². The predicted molar refractivity (Wildman–Crippen MR) is 140 cm³/mol. The van der Waals surface area contributed by atoms with Crippen LogP contribution >= 0.6 is 27.3 Å². The molecule has 5 nitrogen and oxygen atoms in total. The molecular formula is C25H23BrN2O3S2. The molecule has 0 saturated carbocycles. The lowest BCUT2D eigenvalue weighted by Crippen LogP contribution is -2.30. The Morgan fingerprint density at radius 1 is 0.970 bits per heavy atom. The third kappa shape index (κ3) is 4.98. The Bertz CT molecular complexity index is 1400. The van der Waals surface area contributed by atoms with Crippen molar-refractivity contribution >= 4 is 64.7 Å². The number of fused-ring (bicyclic) bond motifs is 1. The number of benzene rings is 3. The van der Waals surface area contributed by atoms with E-state index in [1.54, 1.807) is 43.3 Å². The van der Waals surface area contributed by atoms with Gasteiger partial charge in [-0.25, -0.2) is 8.42 Å². The molecule has 0 saturated heterocycles. The van der Waals surface area contributed by atoms with E-state index in [0.29, 0.717) is 10.6 Å². The van der Waals surface area contributed by atoms with Gasteiger partial charge < -0.3 is 5.32 Å². The first-order valence-corrected chi connectivity index (χ1v) is 13.6. The van der Waals surface area contributed by atoms with Crippen molar-refractivity contribution in [3.8, 4) is 0 Å². The number of hydrogen-bond acceptors (Lipinski definition) is 4. The zero-order valence-electron chi connectivity index (χ0n) is 18.2. The number of nitrogens with zero attached hydrogens (tertiary/aromatic N) is 1. The third-order valence-corrected chi connectivity index (χ3v) is 8.88. The quantitative estimate of drug-likeness (QED) is 0.282. The predicted octanol–water partition coefficient (Wildman–Crippen LogP) is 6.69. The zero-order chi connectivity index (χ0) is 23.6. The monoisotopic (exact) mass is 542 g/mol. The number of sulfonamides is 1. The summed E-state index contributed by atoms with van der Waals surface area (Å²) in [6.07, 6.45) is 0.944. The molecule has 0 aliphatic carbocycles. The molecular weight excluding hydrogens is 520 g/mol. The lowest BCUT2D eigenvalue weighted by Gasteiger charge is -2.23. The lowest BCUT2D eigenvalue weighted by molar-refractivity contribution is 0.103. The highest BCUT2D eigenvalue weighted by atomic mass is 79.9. The van der Waals surface area contributed by atoms with Gasteiger partial charge >= 0.3 is 0 Å². The number of nitrogens with one attached hydrogen (secondary N) is 1. The average molecular weight is 544 g/mol. The van der Waals surface area contributed by atoms with E-state index in [1.807, 2.05) is 36.4 Å². The first-order chi connectivity index (χ1) is 15.8. The number of amides is 1. The molecule has 3 aromatic carbocycles. The summed E-state index contributed by atoms with van der Waals surface area (Å²) in [5, 5.41) is 3.76. The maximum Gasteiger partial charge on any atom is 0.265 e. The first-order valence-electron chi connectivity index (χ1n) is 10.5. The molecule has 0 aliphatic rings. The van der Waals surface area contributed by atoms with E-state index in [9.17, 15) is 13.2 Å². The van der Waals surface area contributed by atoms with Crippen LogP contribution in [0, 0.1) is 0 Å². The third-order valence-electron chi connectivity index (χ3n) is 5.32. The van der Waals surface area contributed by atoms with Gasteiger partial charge in [0.05, 0.1) is 15.5 Å². The van der Waals surface area contributed by atoms with Gasteiger partial charge in [-0.15, -0.1) is 11.3 Å². The molecule has 1 N–H and O–H groups in total. The van der Waals surface area contributed by atoms with Crippen LogP contribution in [0.25, 0.3) is 10.1 Å². The Morgan fingerprint density at radius 2 is 1.67 bits per heavy atom. The van der Waals surface area contributed by atoms with E-state index in [2.05, 4.69) is 28.2 Å². The molecule has 1 amide bonds. The standard InChI is InChI=1S/C25H23BrN2O3S2/c1-3-17-5-9-20(10-6-17)27-25(29)24-16-18-15-21(11-14-23(18)32-24)28(4-2)33(30,31)22-12-7-19(26)8-13-22/h5-16H,3-4H2,1-2H3,(H,27,29). The number of carbonyl (C=O) groups is 1. The Labute approximate surface area is 206 Å². The second-order valence-corrected chi connectivity index (χ2v) is 11.3. The van der Waals surface area contributed by atoms with Crippen LogP contribution in [-0.4, -0.2) is 20.9 Å². The number of thiophene rings is 1. The first kappa shape index (κ1) is 23.5. The van der Waals surface area contributed by atoms with Gasteiger partial charge in [0.2, 0.25) is 0 Å². The molecule has 0 fully saturated rings. The van der Waals surface area contributed by atoms with Gasteiger partial charge in [-0.1, -0.05) is 35.0 Å². The summed E-state index contributed by atoms with van der Waals surface area (Å²) in [7, 11) is -3.71. The lowest BCUT2D eigenvalue weighted by atomic mass is 10.1. The van der Waals surface area contributed by atoms with E-state index >= 15 is 0 Å². The van der Waals surface area contributed by atoms with Crippen molar-refractivity contribution in [1.82, 2.24) is 0 Å². The summed E-state index contributed by atoms with van der Waals surface area (Å²) in [6, 6.07) is 21.6. The van der Waals surface area contributed by atoms with Crippen LogP contribution in [-0.2, 0) is 16.4 Å². The van der Waals surface area contributed by atoms with Gasteiger partial charge in [-0.05, 0) is 85.0 Å². The molecule has 1 heterocycles. The Morgan fingerprint density at radius 3 is 2.30 bits per heavy atom. The van der Waals surface area contributed by atoms with E-state index < -0.39 is 10.0 Å². The van der Waals surface area contributed by atoms with Gasteiger partial charge in [0.15, 0.2) is 0 Å². The van der Waals surface area contributed by atoms with Gasteiger partial charge in [0.1, 0.15) is 0 Å². The Hall–Kier alpha value is -2.68. The van der Waals surface area contributed by atoms with Gasteiger partial charge in [-0.3, -0.25) is 9.10 Å². The summed E-state index contributed by atoms with van der Waals surface area (Å²) in [5.41, 5.74) is 2.52. The average Bonchev–Trinajstić information content (AvgIpc) is 3.24. The van der Waals surface area contributed by atoms with Crippen molar-refractivity contribution in [3.05, 3.63) is 87.7 Å². The maximum absolute atomic E-state index is 13.2. The zero-order valence-corrected chi connectivity index (χ0v) is 21.4. The molecule has 4 aromatic rings. The van der Waals surface area contributed by atoms with E-state index in [0.717, 1.165) is 26.7 Å². The number of halogens is 1. The van der Waals surface area contributed by atoms with E-state index in [4.69, 9.17) is 0 Å². The number of carbonyl (C=O) groups excluding carboxylic acids is 1. The highest BCUT2D eigenvalue weighted by Crippen LogP contribution is 2.32. The highest BCUT2D eigenvalue weighted by Gasteiger charge is 2.24. The van der Waals surface area contributed by atoms with Crippen LogP contribution in [0.3, 0.4) is 0 Å². The molecule has 0 spiro atoms. The van der Waals surface area contributed by atoms with Crippen LogP contribution in [0.4, 0.5) is 11.4 Å². The summed E-state index contributed by atoms with van der Waals surface area (Å²) in [5.74, 6) is -0.183. The molecule has 170 valence electrons.